The summed E-state index contributed by atoms with van der Waals surface area (Å²) in [5, 5.41) is 1.38. The van der Waals surface area contributed by atoms with Crippen molar-refractivity contribution in [1.82, 2.24) is 4.98 Å². The third kappa shape index (κ3) is 1.90. The summed E-state index contributed by atoms with van der Waals surface area (Å²) in [6.07, 6.45) is 4.24. The molecule has 1 aromatic carbocycles. The van der Waals surface area contributed by atoms with Crippen molar-refractivity contribution in [2.24, 2.45) is 5.73 Å². The molecule has 1 aromatic heterocycles. The molecule has 0 aliphatic heterocycles. The molecule has 0 radical (unpaired) electrons. The fraction of sp³-hybridized carbons (Fsp3) is 0.385. The highest BCUT2D eigenvalue weighted by molar-refractivity contribution is 5.87. The molecule has 0 spiro atoms. The Morgan fingerprint density at radius 3 is 2.80 bits per heavy atom. The van der Waals surface area contributed by atoms with Crippen molar-refractivity contribution in [3.8, 4) is 0 Å². The van der Waals surface area contributed by atoms with Gasteiger partial charge in [-0.05, 0) is 56.0 Å². The van der Waals surface area contributed by atoms with Crippen molar-refractivity contribution >= 4 is 10.9 Å². The van der Waals surface area contributed by atoms with E-state index in [0.717, 1.165) is 19.4 Å². The Morgan fingerprint density at radius 1 is 1.27 bits per heavy atom. The lowest BCUT2D eigenvalue weighted by molar-refractivity contribution is 0.836. The van der Waals surface area contributed by atoms with Gasteiger partial charge in [-0.2, -0.15) is 0 Å². The SMILES string of the molecule is Cc1cc(C)c2c(CCCN)c[nH]c2c1. The van der Waals surface area contributed by atoms with Gasteiger partial charge in [0.05, 0.1) is 0 Å². The first-order valence-corrected chi connectivity index (χ1v) is 5.49. The molecule has 2 heteroatoms. The van der Waals surface area contributed by atoms with Crippen LogP contribution in [0.25, 0.3) is 10.9 Å². The fourth-order valence-corrected chi connectivity index (χ4v) is 2.23. The van der Waals surface area contributed by atoms with Crippen LogP contribution in [0.5, 0.6) is 0 Å². The van der Waals surface area contributed by atoms with Crippen LogP contribution in [0.4, 0.5) is 0 Å². The number of fused-ring (bicyclic) bond motifs is 1. The van der Waals surface area contributed by atoms with Gasteiger partial charge in [0.25, 0.3) is 0 Å². The first kappa shape index (κ1) is 10.2. The predicted octanol–water partition coefficient (Wildman–Crippen LogP) is 2.68. The maximum atomic E-state index is 5.54. The van der Waals surface area contributed by atoms with Gasteiger partial charge in [0.15, 0.2) is 0 Å². The minimum atomic E-state index is 0.761. The third-order valence-corrected chi connectivity index (χ3v) is 2.85. The summed E-state index contributed by atoms with van der Waals surface area (Å²) in [5.41, 5.74) is 10.9. The van der Waals surface area contributed by atoms with Crippen molar-refractivity contribution in [1.29, 1.82) is 0 Å². The average molecular weight is 202 g/mol. The van der Waals surface area contributed by atoms with Crippen molar-refractivity contribution in [3.05, 3.63) is 35.0 Å². The molecule has 15 heavy (non-hydrogen) atoms. The number of aromatic amines is 1. The van der Waals surface area contributed by atoms with Crippen LogP contribution in [-0.2, 0) is 6.42 Å². The summed E-state index contributed by atoms with van der Waals surface area (Å²) >= 11 is 0. The summed E-state index contributed by atoms with van der Waals surface area (Å²) in [5.74, 6) is 0. The number of hydrogen-bond acceptors (Lipinski definition) is 1. The Morgan fingerprint density at radius 2 is 2.07 bits per heavy atom. The number of nitrogens with two attached hydrogens (primary N) is 1. The Kier molecular flexibility index (Phi) is 2.78. The van der Waals surface area contributed by atoms with E-state index in [1.54, 1.807) is 0 Å². The van der Waals surface area contributed by atoms with Gasteiger partial charge >= 0.3 is 0 Å². The van der Waals surface area contributed by atoms with Gasteiger partial charge in [0.2, 0.25) is 0 Å². The van der Waals surface area contributed by atoms with Crippen LogP contribution in [0.1, 0.15) is 23.1 Å². The minimum absolute atomic E-state index is 0.761. The predicted molar refractivity (Wildman–Crippen MR) is 65.1 cm³/mol. The molecule has 0 atom stereocenters. The maximum absolute atomic E-state index is 5.54. The van der Waals surface area contributed by atoms with Crippen LogP contribution in [0.3, 0.4) is 0 Å². The number of aromatic nitrogens is 1. The van der Waals surface area contributed by atoms with Crippen molar-refractivity contribution in [2.75, 3.05) is 6.54 Å². The summed E-state index contributed by atoms with van der Waals surface area (Å²) in [6.45, 7) is 5.07. The number of benzene rings is 1. The van der Waals surface area contributed by atoms with Gasteiger partial charge in [-0.3, -0.25) is 0 Å². The van der Waals surface area contributed by atoms with Gasteiger partial charge in [-0.25, -0.2) is 0 Å². The zero-order chi connectivity index (χ0) is 10.8. The Labute approximate surface area is 90.5 Å². The zero-order valence-electron chi connectivity index (χ0n) is 9.43. The van der Waals surface area contributed by atoms with Gasteiger partial charge in [0, 0.05) is 17.1 Å². The molecule has 0 saturated heterocycles. The smallest absolute Gasteiger partial charge is 0.0462 e. The monoisotopic (exact) mass is 202 g/mol. The summed E-state index contributed by atoms with van der Waals surface area (Å²) in [7, 11) is 0. The molecule has 0 unspecified atom stereocenters. The van der Waals surface area contributed by atoms with Crippen LogP contribution < -0.4 is 5.73 Å². The summed E-state index contributed by atoms with van der Waals surface area (Å²) < 4.78 is 0. The molecule has 0 fully saturated rings. The van der Waals surface area contributed by atoms with Gasteiger partial charge in [0.1, 0.15) is 0 Å². The molecule has 0 saturated carbocycles. The van der Waals surface area contributed by atoms with E-state index in [2.05, 4.69) is 37.2 Å². The molecule has 0 aliphatic rings. The Balaban J connectivity index is 2.49. The highest BCUT2D eigenvalue weighted by Gasteiger charge is 2.06. The van der Waals surface area contributed by atoms with E-state index in [1.165, 1.54) is 27.6 Å². The second kappa shape index (κ2) is 4.07. The fourth-order valence-electron chi connectivity index (χ4n) is 2.23. The van der Waals surface area contributed by atoms with E-state index in [0.29, 0.717) is 0 Å². The lowest BCUT2D eigenvalue weighted by Crippen LogP contribution is -2.00. The lowest BCUT2D eigenvalue weighted by Gasteiger charge is -2.02. The molecule has 80 valence electrons. The number of aryl methyl sites for hydroxylation is 3. The van der Waals surface area contributed by atoms with Crippen LogP contribution in [0, 0.1) is 13.8 Å². The summed E-state index contributed by atoms with van der Waals surface area (Å²) in [6, 6.07) is 4.44. The van der Waals surface area contributed by atoms with E-state index in [9.17, 15) is 0 Å². The molecule has 3 N–H and O–H groups in total. The van der Waals surface area contributed by atoms with E-state index in [1.807, 2.05) is 0 Å². The molecule has 0 amide bonds. The highest BCUT2D eigenvalue weighted by Crippen LogP contribution is 2.24. The van der Waals surface area contributed by atoms with Crippen molar-refractivity contribution < 1.29 is 0 Å². The highest BCUT2D eigenvalue weighted by atomic mass is 14.7. The molecular weight excluding hydrogens is 184 g/mol. The van der Waals surface area contributed by atoms with Gasteiger partial charge in [-0.15, -0.1) is 0 Å². The zero-order valence-corrected chi connectivity index (χ0v) is 9.43. The topological polar surface area (TPSA) is 41.8 Å². The summed E-state index contributed by atoms with van der Waals surface area (Å²) in [4.78, 5) is 3.34. The number of H-pyrrole nitrogens is 1. The Bertz CT molecular complexity index is 469. The quantitative estimate of drug-likeness (QED) is 0.789. The van der Waals surface area contributed by atoms with Crippen LogP contribution in [0.2, 0.25) is 0 Å². The lowest BCUT2D eigenvalue weighted by atomic mass is 10.0. The van der Waals surface area contributed by atoms with E-state index < -0.39 is 0 Å². The second-order valence-electron chi connectivity index (χ2n) is 4.21. The van der Waals surface area contributed by atoms with Gasteiger partial charge in [-0.1, -0.05) is 6.07 Å². The first-order valence-electron chi connectivity index (χ1n) is 5.49. The third-order valence-electron chi connectivity index (χ3n) is 2.85. The largest absolute Gasteiger partial charge is 0.361 e. The molecule has 1 heterocycles. The second-order valence-corrected chi connectivity index (χ2v) is 4.21. The maximum Gasteiger partial charge on any atom is 0.0462 e. The number of nitrogens with one attached hydrogen (secondary N) is 1. The standard InChI is InChI=1S/C13H18N2/c1-9-6-10(2)13-11(4-3-5-14)8-15-12(13)7-9/h6-8,15H,3-5,14H2,1-2H3. The van der Waals surface area contributed by atoms with E-state index >= 15 is 0 Å². The van der Waals surface area contributed by atoms with Crippen molar-refractivity contribution in [3.63, 3.8) is 0 Å². The van der Waals surface area contributed by atoms with E-state index in [4.69, 9.17) is 5.73 Å². The molecule has 2 aromatic rings. The van der Waals surface area contributed by atoms with Crippen molar-refractivity contribution in [2.45, 2.75) is 26.7 Å². The van der Waals surface area contributed by atoms with Gasteiger partial charge < -0.3 is 10.7 Å². The molecule has 2 rings (SSSR count). The van der Waals surface area contributed by atoms with Crippen LogP contribution in [-0.4, -0.2) is 11.5 Å². The molecular formula is C13H18N2. The minimum Gasteiger partial charge on any atom is -0.361 e. The molecule has 2 nitrogen and oxygen atoms in total. The number of rotatable bonds is 3. The first-order chi connectivity index (χ1) is 7.22. The Hall–Kier alpha value is -1.28. The van der Waals surface area contributed by atoms with Crippen LogP contribution in [0.15, 0.2) is 18.3 Å². The molecule has 0 aliphatic carbocycles. The van der Waals surface area contributed by atoms with Crippen LogP contribution >= 0.6 is 0 Å². The number of hydrogen-bond donors (Lipinski definition) is 2. The average Bonchev–Trinajstić information content (AvgIpc) is 2.58. The normalized spacial score (nSPS) is 11.1. The molecule has 0 bridgehead atoms. The van der Waals surface area contributed by atoms with E-state index in [-0.39, 0.29) is 0 Å².